The number of benzene rings is 1. The second-order valence-corrected chi connectivity index (χ2v) is 8.94. The second-order valence-electron chi connectivity index (χ2n) is 7.04. The van der Waals surface area contributed by atoms with E-state index in [2.05, 4.69) is 15.1 Å². The number of methoxy groups -OCH3 is 1. The van der Waals surface area contributed by atoms with Gasteiger partial charge in [0.1, 0.15) is 16.5 Å². The summed E-state index contributed by atoms with van der Waals surface area (Å²) in [6, 6.07) is 7.32. The minimum atomic E-state index is -3.87. The van der Waals surface area contributed by atoms with E-state index in [4.69, 9.17) is 9.47 Å². The Hall–Kier alpha value is -2.50. The van der Waals surface area contributed by atoms with Gasteiger partial charge in [0.25, 0.3) is 0 Å². The average molecular weight is 437 g/mol. The van der Waals surface area contributed by atoms with Crippen LogP contribution in [0.25, 0.3) is 0 Å². The number of sulfonamides is 1. The molecular weight excluding hydrogens is 413 g/mol. The standard InChI is InChI=1S/C19H24FN5O4S/c1-28-16-3-2-15(20)14-17(16)30(26,27)25-8-6-23(7-9-25)18-4-5-19(22-21-18)24-10-12-29-13-11-24/h2-5,14H,6-13H2,1H3. The lowest BCUT2D eigenvalue weighted by Crippen LogP contribution is -2.49. The van der Waals surface area contributed by atoms with Crippen molar-refractivity contribution in [2.24, 2.45) is 0 Å². The van der Waals surface area contributed by atoms with Gasteiger partial charge >= 0.3 is 0 Å². The van der Waals surface area contributed by atoms with Crippen LogP contribution in [0, 0.1) is 5.82 Å². The summed E-state index contributed by atoms with van der Waals surface area (Å²) in [6.45, 7) is 4.36. The average Bonchev–Trinajstić information content (AvgIpc) is 2.80. The number of morpholine rings is 1. The molecule has 1 aromatic carbocycles. The Balaban J connectivity index is 1.43. The van der Waals surface area contributed by atoms with Gasteiger partial charge in [0.05, 0.1) is 20.3 Å². The van der Waals surface area contributed by atoms with Crippen molar-refractivity contribution < 1.29 is 22.3 Å². The van der Waals surface area contributed by atoms with Crippen molar-refractivity contribution in [3.8, 4) is 5.75 Å². The Morgan fingerprint density at radius 1 is 0.933 bits per heavy atom. The first-order valence-electron chi connectivity index (χ1n) is 9.74. The number of piperazine rings is 1. The fourth-order valence-corrected chi connectivity index (χ4v) is 5.19. The molecule has 0 spiro atoms. The Bertz CT molecular complexity index is 975. The van der Waals surface area contributed by atoms with Crippen molar-refractivity contribution in [1.82, 2.24) is 14.5 Å². The number of hydrogen-bond donors (Lipinski definition) is 0. The molecule has 162 valence electrons. The van der Waals surface area contributed by atoms with Gasteiger partial charge in [-0.15, -0.1) is 10.2 Å². The fourth-order valence-electron chi connectivity index (χ4n) is 3.60. The summed E-state index contributed by atoms with van der Waals surface area (Å²) in [6.07, 6.45) is 0. The number of halogens is 1. The van der Waals surface area contributed by atoms with E-state index < -0.39 is 15.8 Å². The van der Waals surface area contributed by atoms with E-state index in [1.165, 1.54) is 23.5 Å². The van der Waals surface area contributed by atoms with E-state index in [-0.39, 0.29) is 23.7 Å². The van der Waals surface area contributed by atoms with E-state index in [1.54, 1.807) is 0 Å². The number of ether oxygens (including phenoxy) is 2. The summed E-state index contributed by atoms with van der Waals surface area (Å²) < 4.78 is 51.5. The molecule has 0 bridgehead atoms. The van der Waals surface area contributed by atoms with Crippen molar-refractivity contribution in [3.05, 3.63) is 36.1 Å². The third-order valence-corrected chi connectivity index (χ3v) is 7.20. The summed E-state index contributed by atoms with van der Waals surface area (Å²) in [7, 11) is -2.50. The number of hydrogen-bond acceptors (Lipinski definition) is 8. The van der Waals surface area contributed by atoms with Crippen molar-refractivity contribution in [1.29, 1.82) is 0 Å². The maximum Gasteiger partial charge on any atom is 0.246 e. The van der Waals surface area contributed by atoms with Crippen molar-refractivity contribution in [2.45, 2.75) is 4.90 Å². The summed E-state index contributed by atoms with van der Waals surface area (Å²) in [5.41, 5.74) is 0. The van der Waals surface area contributed by atoms with Crippen LogP contribution in [0.1, 0.15) is 0 Å². The minimum Gasteiger partial charge on any atom is -0.495 e. The van der Waals surface area contributed by atoms with Gasteiger partial charge in [-0.05, 0) is 30.3 Å². The highest BCUT2D eigenvalue weighted by Crippen LogP contribution is 2.28. The largest absolute Gasteiger partial charge is 0.495 e. The number of aromatic nitrogens is 2. The van der Waals surface area contributed by atoms with Gasteiger partial charge in [-0.25, -0.2) is 12.8 Å². The number of rotatable bonds is 5. The quantitative estimate of drug-likeness (QED) is 0.684. The first-order chi connectivity index (χ1) is 14.5. The van der Waals surface area contributed by atoms with Crippen LogP contribution in [-0.4, -0.2) is 82.5 Å². The monoisotopic (exact) mass is 437 g/mol. The Kier molecular flexibility index (Phi) is 6.02. The number of nitrogens with zero attached hydrogens (tertiary/aromatic N) is 5. The Labute approximate surface area is 175 Å². The van der Waals surface area contributed by atoms with Crippen LogP contribution >= 0.6 is 0 Å². The zero-order valence-electron chi connectivity index (χ0n) is 16.7. The van der Waals surface area contributed by atoms with E-state index in [1.807, 2.05) is 17.0 Å². The highest BCUT2D eigenvalue weighted by molar-refractivity contribution is 7.89. The molecule has 4 rings (SSSR count). The highest BCUT2D eigenvalue weighted by atomic mass is 32.2. The predicted molar refractivity (Wildman–Crippen MR) is 109 cm³/mol. The molecule has 9 nitrogen and oxygen atoms in total. The Morgan fingerprint density at radius 3 is 2.10 bits per heavy atom. The van der Waals surface area contributed by atoms with Gasteiger partial charge in [0.15, 0.2) is 11.6 Å². The third-order valence-electron chi connectivity index (χ3n) is 5.28. The van der Waals surface area contributed by atoms with E-state index in [0.717, 1.165) is 25.0 Å². The molecule has 0 atom stereocenters. The van der Waals surface area contributed by atoms with E-state index in [0.29, 0.717) is 32.1 Å². The topological polar surface area (TPSA) is 88.1 Å². The molecule has 0 saturated carbocycles. The van der Waals surface area contributed by atoms with Crippen LogP contribution in [-0.2, 0) is 14.8 Å². The molecule has 0 unspecified atom stereocenters. The molecule has 11 heteroatoms. The molecule has 3 heterocycles. The van der Waals surface area contributed by atoms with Gasteiger partial charge in [0, 0.05) is 39.3 Å². The molecule has 0 N–H and O–H groups in total. The van der Waals surface area contributed by atoms with Gasteiger partial charge in [-0.1, -0.05) is 0 Å². The highest BCUT2D eigenvalue weighted by Gasteiger charge is 2.31. The molecular formula is C19H24FN5O4S. The lowest BCUT2D eigenvalue weighted by atomic mass is 10.3. The van der Waals surface area contributed by atoms with Crippen LogP contribution in [0.3, 0.4) is 0 Å². The lowest BCUT2D eigenvalue weighted by Gasteiger charge is -2.34. The second kappa shape index (κ2) is 8.70. The molecule has 2 saturated heterocycles. The predicted octanol–water partition coefficient (Wildman–Crippen LogP) is 0.972. The smallest absolute Gasteiger partial charge is 0.246 e. The molecule has 2 aliphatic heterocycles. The van der Waals surface area contributed by atoms with Crippen LogP contribution in [0.15, 0.2) is 35.2 Å². The molecule has 2 aliphatic rings. The SMILES string of the molecule is COc1ccc(F)cc1S(=O)(=O)N1CCN(c2ccc(N3CCOCC3)nn2)CC1. The van der Waals surface area contributed by atoms with Crippen molar-refractivity contribution in [3.63, 3.8) is 0 Å². The van der Waals surface area contributed by atoms with Crippen LogP contribution in [0.2, 0.25) is 0 Å². The zero-order chi connectivity index (χ0) is 21.1. The van der Waals surface area contributed by atoms with Gasteiger partial charge < -0.3 is 19.3 Å². The minimum absolute atomic E-state index is 0.128. The molecule has 0 amide bonds. The van der Waals surface area contributed by atoms with E-state index in [9.17, 15) is 12.8 Å². The molecule has 0 radical (unpaired) electrons. The summed E-state index contributed by atoms with van der Waals surface area (Å²) in [4.78, 5) is 3.95. The van der Waals surface area contributed by atoms with Crippen molar-refractivity contribution in [2.75, 3.05) is 69.4 Å². The number of anilines is 2. The summed E-state index contributed by atoms with van der Waals surface area (Å²) >= 11 is 0. The molecule has 1 aromatic heterocycles. The molecule has 0 aliphatic carbocycles. The maximum atomic E-state index is 13.7. The summed E-state index contributed by atoms with van der Waals surface area (Å²) in [5.74, 6) is 1.01. The van der Waals surface area contributed by atoms with Crippen molar-refractivity contribution >= 4 is 21.7 Å². The van der Waals surface area contributed by atoms with Crippen LogP contribution in [0.4, 0.5) is 16.0 Å². The fraction of sp³-hybridized carbons (Fsp3) is 0.474. The molecule has 2 fully saturated rings. The maximum absolute atomic E-state index is 13.7. The van der Waals surface area contributed by atoms with Gasteiger partial charge in [0.2, 0.25) is 10.0 Å². The molecule has 30 heavy (non-hydrogen) atoms. The third kappa shape index (κ3) is 4.18. The van der Waals surface area contributed by atoms with E-state index >= 15 is 0 Å². The Morgan fingerprint density at radius 2 is 1.53 bits per heavy atom. The first kappa shape index (κ1) is 20.8. The van der Waals surface area contributed by atoms with Gasteiger partial charge in [-0.2, -0.15) is 4.31 Å². The first-order valence-corrected chi connectivity index (χ1v) is 11.2. The lowest BCUT2D eigenvalue weighted by molar-refractivity contribution is 0.122. The zero-order valence-corrected chi connectivity index (χ0v) is 17.5. The van der Waals surface area contributed by atoms with Crippen LogP contribution in [0.5, 0.6) is 5.75 Å². The summed E-state index contributed by atoms with van der Waals surface area (Å²) in [5, 5.41) is 8.63. The normalized spacial score (nSPS) is 18.5. The van der Waals surface area contributed by atoms with Crippen LogP contribution < -0.4 is 14.5 Å². The molecule has 2 aromatic rings. The van der Waals surface area contributed by atoms with Gasteiger partial charge in [-0.3, -0.25) is 0 Å².